The van der Waals surface area contributed by atoms with Gasteiger partial charge in [0.25, 0.3) is 0 Å². The number of methoxy groups -OCH3 is 1. The van der Waals surface area contributed by atoms with Crippen LogP contribution in [0.2, 0.25) is 0 Å². The Morgan fingerprint density at radius 3 is 2.61 bits per heavy atom. The van der Waals surface area contributed by atoms with E-state index in [4.69, 9.17) is 0 Å². The third-order valence-electron chi connectivity index (χ3n) is 3.69. The van der Waals surface area contributed by atoms with Crippen LogP contribution in [0.4, 0.5) is 5.69 Å². The number of aryl methyl sites for hydroxylation is 1. The summed E-state index contributed by atoms with van der Waals surface area (Å²) in [6.07, 6.45) is 0.801. The largest absolute Gasteiger partial charge is 0.468 e. The van der Waals surface area contributed by atoms with Crippen LogP contribution >= 0.6 is 0 Å². The maximum Gasteiger partial charge on any atom is 0.324 e. The van der Waals surface area contributed by atoms with Gasteiger partial charge in [0, 0.05) is 12.1 Å². The normalized spacial score (nSPS) is 15.7. The van der Waals surface area contributed by atoms with Gasteiger partial charge >= 0.3 is 5.97 Å². The molecule has 7 nitrogen and oxygen atoms in total. The van der Waals surface area contributed by atoms with Crippen molar-refractivity contribution in [2.45, 2.75) is 37.6 Å². The van der Waals surface area contributed by atoms with Gasteiger partial charge in [-0.25, -0.2) is 8.42 Å². The molecular weight excluding hydrogens is 320 g/mol. The molecule has 0 saturated heterocycles. The number of anilines is 1. The monoisotopic (exact) mass is 340 g/mol. The highest BCUT2D eigenvalue weighted by Crippen LogP contribution is 2.25. The van der Waals surface area contributed by atoms with Crippen LogP contribution < -0.4 is 10.0 Å². The average molecular weight is 340 g/mol. The number of hydrogen-bond acceptors (Lipinski definition) is 5. The number of sulfonamides is 1. The molecule has 1 aromatic carbocycles. The van der Waals surface area contributed by atoms with Gasteiger partial charge < -0.3 is 10.1 Å². The zero-order valence-corrected chi connectivity index (χ0v) is 14.1. The summed E-state index contributed by atoms with van der Waals surface area (Å²) >= 11 is 0. The maximum atomic E-state index is 12.5. The van der Waals surface area contributed by atoms with E-state index in [2.05, 4.69) is 14.8 Å². The van der Waals surface area contributed by atoms with E-state index in [9.17, 15) is 18.0 Å². The third-order valence-corrected chi connectivity index (χ3v) is 5.13. The van der Waals surface area contributed by atoms with Crippen molar-refractivity contribution in [2.75, 3.05) is 12.4 Å². The fourth-order valence-electron chi connectivity index (χ4n) is 2.35. The molecule has 0 fully saturated rings. The van der Waals surface area contributed by atoms with E-state index in [1.807, 2.05) is 0 Å². The number of carbonyl (C=O) groups excluding carboxylic acids is 2. The summed E-state index contributed by atoms with van der Waals surface area (Å²) in [5.74, 6) is -0.972. The average Bonchev–Trinajstić information content (AvgIpc) is 2.51. The van der Waals surface area contributed by atoms with E-state index in [1.165, 1.54) is 19.2 Å². The summed E-state index contributed by atoms with van der Waals surface area (Å²) in [6.45, 7) is 3.46. The Balaban J connectivity index is 2.29. The number of rotatable bonds is 5. The molecule has 23 heavy (non-hydrogen) atoms. The maximum absolute atomic E-state index is 12.5. The van der Waals surface area contributed by atoms with Gasteiger partial charge in [-0.15, -0.1) is 0 Å². The molecule has 1 amide bonds. The topological polar surface area (TPSA) is 102 Å². The standard InChI is InChI=1S/C15H20N2O5S/c1-9(2)14(15(19)22-3)17-23(20,21)11-5-6-12-10(8-11)4-7-13(18)16-12/h5-6,8-9,14,17H,4,7H2,1-3H3,(H,16,18)/t14-/m1/s1. The molecule has 2 rings (SSSR count). The summed E-state index contributed by atoms with van der Waals surface area (Å²) in [6, 6.07) is 3.53. The van der Waals surface area contributed by atoms with Gasteiger partial charge in [0.05, 0.1) is 12.0 Å². The van der Waals surface area contributed by atoms with E-state index in [0.717, 1.165) is 5.56 Å². The van der Waals surface area contributed by atoms with E-state index >= 15 is 0 Å². The van der Waals surface area contributed by atoms with Crippen molar-refractivity contribution in [2.24, 2.45) is 5.92 Å². The number of nitrogens with one attached hydrogen (secondary N) is 2. The summed E-state index contributed by atoms with van der Waals surface area (Å²) in [5.41, 5.74) is 1.38. The van der Waals surface area contributed by atoms with E-state index in [0.29, 0.717) is 18.5 Å². The van der Waals surface area contributed by atoms with Crippen LogP contribution in [-0.2, 0) is 30.8 Å². The number of hydrogen-bond donors (Lipinski definition) is 2. The predicted molar refractivity (Wildman–Crippen MR) is 84.4 cm³/mol. The minimum Gasteiger partial charge on any atom is -0.468 e. The van der Waals surface area contributed by atoms with Gasteiger partial charge in [-0.2, -0.15) is 4.72 Å². The summed E-state index contributed by atoms with van der Waals surface area (Å²) in [5, 5.41) is 2.70. The van der Waals surface area contributed by atoms with Crippen LogP contribution in [-0.4, -0.2) is 33.4 Å². The van der Waals surface area contributed by atoms with Crippen LogP contribution in [0.1, 0.15) is 25.8 Å². The number of ether oxygens (including phenoxy) is 1. The minimum atomic E-state index is -3.87. The highest BCUT2D eigenvalue weighted by atomic mass is 32.2. The lowest BCUT2D eigenvalue weighted by Gasteiger charge is -2.21. The second-order valence-electron chi connectivity index (χ2n) is 5.73. The molecule has 1 heterocycles. The molecule has 126 valence electrons. The van der Waals surface area contributed by atoms with E-state index < -0.39 is 22.0 Å². The number of esters is 1. The molecule has 0 bridgehead atoms. The fourth-order valence-corrected chi connectivity index (χ4v) is 3.73. The molecule has 0 spiro atoms. The molecule has 1 aliphatic rings. The zero-order valence-electron chi connectivity index (χ0n) is 13.3. The van der Waals surface area contributed by atoms with Gasteiger partial charge in [0.1, 0.15) is 6.04 Å². The van der Waals surface area contributed by atoms with Gasteiger partial charge in [-0.3, -0.25) is 9.59 Å². The van der Waals surface area contributed by atoms with Crippen molar-refractivity contribution in [3.05, 3.63) is 23.8 Å². The molecule has 0 saturated carbocycles. The van der Waals surface area contributed by atoms with Crippen molar-refractivity contribution in [1.29, 1.82) is 0 Å². The number of benzene rings is 1. The molecule has 0 radical (unpaired) electrons. The molecule has 0 aromatic heterocycles. The van der Waals surface area contributed by atoms with Crippen molar-refractivity contribution in [3.63, 3.8) is 0 Å². The Morgan fingerprint density at radius 1 is 1.30 bits per heavy atom. The molecule has 1 aliphatic heterocycles. The SMILES string of the molecule is COC(=O)[C@H](NS(=O)(=O)c1ccc2c(c1)CCC(=O)N2)C(C)C. The van der Waals surface area contributed by atoms with Crippen molar-refractivity contribution in [1.82, 2.24) is 4.72 Å². The molecule has 2 N–H and O–H groups in total. The Bertz CT molecular complexity index is 727. The summed E-state index contributed by atoms with van der Waals surface area (Å²) in [4.78, 5) is 23.1. The van der Waals surface area contributed by atoms with Gasteiger partial charge in [0.15, 0.2) is 0 Å². The Labute approximate surface area is 135 Å². The lowest BCUT2D eigenvalue weighted by molar-refractivity contribution is -0.143. The quantitative estimate of drug-likeness (QED) is 0.780. The van der Waals surface area contributed by atoms with E-state index in [1.54, 1.807) is 19.9 Å². The molecule has 0 aliphatic carbocycles. The smallest absolute Gasteiger partial charge is 0.324 e. The van der Waals surface area contributed by atoms with Crippen LogP contribution in [0.25, 0.3) is 0 Å². The first-order valence-electron chi connectivity index (χ1n) is 7.27. The Hall–Kier alpha value is -1.93. The summed E-state index contributed by atoms with van der Waals surface area (Å²) < 4.78 is 32.1. The highest BCUT2D eigenvalue weighted by molar-refractivity contribution is 7.89. The minimum absolute atomic E-state index is 0.0574. The van der Waals surface area contributed by atoms with Gasteiger partial charge in [-0.05, 0) is 36.1 Å². The lowest BCUT2D eigenvalue weighted by Crippen LogP contribution is -2.44. The first kappa shape index (κ1) is 17.4. The Morgan fingerprint density at radius 2 is 2.00 bits per heavy atom. The predicted octanol–water partition coefficient (Wildman–Crippen LogP) is 1.05. The number of amides is 1. The number of carbonyl (C=O) groups is 2. The van der Waals surface area contributed by atoms with Crippen LogP contribution in [0.3, 0.4) is 0 Å². The van der Waals surface area contributed by atoms with E-state index in [-0.39, 0.29) is 16.7 Å². The fraction of sp³-hybridized carbons (Fsp3) is 0.467. The lowest BCUT2D eigenvalue weighted by atomic mass is 10.0. The molecule has 1 atom stereocenters. The molecular formula is C15H20N2O5S. The second-order valence-corrected chi connectivity index (χ2v) is 7.45. The van der Waals surface area contributed by atoms with Crippen LogP contribution in [0.5, 0.6) is 0 Å². The molecule has 0 unspecified atom stereocenters. The molecule has 8 heteroatoms. The van der Waals surface area contributed by atoms with Crippen LogP contribution in [0.15, 0.2) is 23.1 Å². The van der Waals surface area contributed by atoms with Crippen molar-refractivity contribution < 1.29 is 22.7 Å². The van der Waals surface area contributed by atoms with Crippen LogP contribution in [0, 0.1) is 5.92 Å². The highest BCUT2D eigenvalue weighted by Gasteiger charge is 2.29. The zero-order chi connectivity index (χ0) is 17.2. The van der Waals surface area contributed by atoms with Gasteiger partial charge in [0.2, 0.25) is 15.9 Å². The first-order chi connectivity index (χ1) is 10.7. The third kappa shape index (κ3) is 3.89. The van der Waals surface area contributed by atoms with Crippen molar-refractivity contribution >= 4 is 27.6 Å². The Kier molecular flexibility index (Phi) is 5.06. The second kappa shape index (κ2) is 6.67. The van der Waals surface area contributed by atoms with Gasteiger partial charge in [-0.1, -0.05) is 13.8 Å². The van der Waals surface area contributed by atoms with Crippen molar-refractivity contribution in [3.8, 4) is 0 Å². The molecule has 1 aromatic rings. The summed E-state index contributed by atoms with van der Waals surface area (Å²) in [7, 11) is -2.65. The first-order valence-corrected chi connectivity index (χ1v) is 8.76. The number of fused-ring (bicyclic) bond motifs is 1.